The summed E-state index contributed by atoms with van der Waals surface area (Å²) in [6.07, 6.45) is 1.13. The number of thiazole rings is 1. The molecule has 12 heteroatoms. The van der Waals surface area contributed by atoms with Crippen molar-refractivity contribution >= 4 is 44.8 Å². The van der Waals surface area contributed by atoms with Crippen LogP contribution in [0.4, 0.5) is 21.5 Å². The zero-order chi connectivity index (χ0) is 21.2. The Bertz CT molecular complexity index is 863. The van der Waals surface area contributed by atoms with E-state index >= 15 is 0 Å². The maximum absolute atomic E-state index is 11.0. The standard InChI is InChI=1S/C17H19N5O6S/c1-12(23)27-9-7-21(8-10-28-13(2)24)15-5-3-14(4-6-15)19-20-17-18-11-16(29-17)22(25)26/h3-6,11H,7-10H2,1-2H3. The number of esters is 2. The number of hydrogen-bond acceptors (Lipinski definition) is 11. The Labute approximate surface area is 170 Å². The summed E-state index contributed by atoms with van der Waals surface area (Å²) in [6.45, 7) is 3.90. The van der Waals surface area contributed by atoms with Crippen LogP contribution < -0.4 is 4.90 Å². The van der Waals surface area contributed by atoms with Crippen molar-refractivity contribution in [2.45, 2.75) is 13.8 Å². The zero-order valence-corrected chi connectivity index (χ0v) is 16.6. The normalized spacial score (nSPS) is 10.7. The first-order valence-electron chi connectivity index (χ1n) is 8.49. The molecule has 0 fully saturated rings. The van der Waals surface area contributed by atoms with Gasteiger partial charge in [0.25, 0.3) is 0 Å². The molecule has 29 heavy (non-hydrogen) atoms. The molecule has 11 nitrogen and oxygen atoms in total. The second-order valence-corrected chi connectivity index (χ2v) is 6.61. The Kier molecular flexibility index (Phi) is 8.15. The Morgan fingerprint density at radius 3 is 2.17 bits per heavy atom. The smallest absolute Gasteiger partial charge is 0.345 e. The molecule has 0 aliphatic carbocycles. The molecule has 0 amide bonds. The number of anilines is 1. The van der Waals surface area contributed by atoms with E-state index in [0.29, 0.717) is 18.8 Å². The van der Waals surface area contributed by atoms with Crippen LogP contribution in [0.15, 0.2) is 40.7 Å². The lowest BCUT2D eigenvalue weighted by Crippen LogP contribution is -2.31. The number of benzene rings is 1. The van der Waals surface area contributed by atoms with Crippen molar-refractivity contribution in [1.82, 2.24) is 4.98 Å². The van der Waals surface area contributed by atoms with E-state index < -0.39 is 4.92 Å². The van der Waals surface area contributed by atoms with Crippen molar-refractivity contribution in [2.75, 3.05) is 31.2 Å². The van der Waals surface area contributed by atoms with Gasteiger partial charge in [-0.05, 0) is 35.6 Å². The fourth-order valence-electron chi connectivity index (χ4n) is 2.19. The summed E-state index contributed by atoms with van der Waals surface area (Å²) in [4.78, 5) is 37.8. The first-order chi connectivity index (χ1) is 13.8. The molecule has 0 atom stereocenters. The summed E-state index contributed by atoms with van der Waals surface area (Å²) < 4.78 is 9.95. The molecule has 0 aliphatic rings. The van der Waals surface area contributed by atoms with Crippen LogP contribution in [0.2, 0.25) is 0 Å². The molecule has 0 unspecified atom stereocenters. The van der Waals surface area contributed by atoms with Crippen molar-refractivity contribution in [2.24, 2.45) is 10.2 Å². The van der Waals surface area contributed by atoms with E-state index in [0.717, 1.165) is 23.2 Å². The third-order valence-corrected chi connectivity index (χ3v) is 4.29. The molecule has 2 rings (SSSR count). The van der Waals surface area contributed by atoms with Crippen LogP contribution in [0.5, 0.6) is 0 Å². The highest BCUT2D eigenvalue weighted by molar-refractivity contribution is 7.18. The fourth-order valence-corrected chi connectivity index (χ4v) is 2.74. The maximum Gasteiger partial charge on any atom is 0.345 e. The third kappa shape index (κ3) is 7.62. The van der Waals surface area contributed by atoms with Crippen LogP contribution in [0, 0.1) is 10.1 Å². The van der Waals surface area contributed by atoms with E-state index in [9.17, 15) is 19.7 Å². The molecule has 0 radical (unpaired) electrons. The van der Waals surface area contributed by atoms with Crippen LogP contribution in [0.1, 0.15) is 13.8 Å². The van der Waals surface area contributed by atoms with Gasteiger partial charge in [0.05, 0.1) is 23.7 Å². The molecule has 0 bridgehead atoms. The molecule has 1 aromatic heterocycles. The average molecular weight is 421 g/mol. The van der Waals surface area contributed by atoms with Gasteiger partial charge in [0.15, 0.2) is 0 Å². The van der Waals surface area contributed by atoms with E-state index in [2.05, 4.69) is 15.2 Å². The molecule has 154 valence electrons. The number of hydrogen-bond donors (Lipinski definition) is 0. The van der Waals surface area contributed by atoms with Gasteiger partial charge in [-0.1, -0.05) is 0 Å². The Morgan fingerprint density at radius 1 is 1.10 bits per heavy atom. The van der Waals surface area contributed by atoms with Crippen LogP contribution in [0.25, 0.3) is 0 Å². The number of ether oxygens (including phenoxy) is 2. The summed E-state index contributed by atoms with van der Waals surface area (Å²) in [5.74, 6) is -0.744. The minimum absolute atomic E-state index is 0.106. The van der Waals surface area contributed by atoms with Gasteiger partial charge in [0.2, 0.25) is 5.13 Å². The van der Waals surface area contributed by atoms with Crippen molar-refractivity contribution in [1.29, 1.82) is 0 Å². The van der Waals surface area contributed by atoms with E-state index in [4.69, 9.17) is 9.47 Å². The lowest BCUT2D eigenvalue weighted by atomic mass is 10.2. The molecule has 2 aromatic rings. The average Bonchev–Trinajstić information content (AvgIpc) is 3.14. The summed E-state index contributed by atoms with van der Waals surface area (Å²) in [5.41, 5.74) is 1.35. The summed E-state index contributed by atoms with van der Waals surface area (Å²) in [7, 11) is 0. The first kappa shape index (κ1) is 21.9. The van der Waals surface area contributed by atoms with Gasteiger partial charge in [-0.3, -0.25) is 19.7 Å². The predicted octanol–water partition coefficient (Wildman–Crippen LogP) is 3.40. The largest absolute Gasteiger partial charge is 0.464 e. The molecule has 0 spiro atoms. The first-order valence-corrected chi connectivity index (χ1v) is 9.30. The minimum Gasteiger partial charge on any atom is -0.464 e. The topological polar surface area (TPSA) is 137 Å². The number of carbonyl (C=O) groups excluding carboxylic acids is 2. The summed E-state index contributed by atoms with van der Waals surface area (Å²) in [6, 6.07) is 7.01. The molecule has 0 N–H and O–H groups in total. The summed E-state index contributed by atoms with van der Waals surface area (Å²) in [5, 5.41) is 18.6. The second-order valence-electron chi connectivity index (χ2n) is 5.62. The molecular weight excluding hydrogens is 402 g/mol. The monoisotopic (exact) mass is 421 g/mol. The number of nitro groups is 1. The Hall–Kier alpha value is -3.41. The zero-order valence-electron chi connectivity index (χ0n) is 15.8. The highest BCUT2D eigenvalue weighted by Crippen LogP contribution is 2.29. The fraction of sp³-hybridized carbons (Fsp3) is 0.353. The molecule has 1 heterocycles. The SMILES string of the molecule is CC(=O)OCCN(CCOC(C)=O)c1ccc(N=Nc2ncc([N+](=O)[O-])s2)cc1. The van der Waals surface area contributed by atoms with Gasteiger partial charge in [-0.25, -0.2) is 4.98 Å². The van der Waals surface area contributed by atoms with Gasteiger partial charge in [-0.2, -0.15) is 0 Å². The Balaban J connectivity index is 2.03. The second kappa shape index (κ2) is 10.8. The van der Waals surface area contributed by atoms with Gasteiger partial charge in [0.1, 0.15) is 19.4 Å². The lowest BCUT2D eigenvalue weighted by molar-refractivity contribution is -0.380. The predicted molar refractivity (Wildman–Crippen MR) is 105 cm³/mol. The molecule has 1 aromatic carbocycles. The van der Waals surface area contributed by atoms with Crippen molar-refractivity contribution < 1.29 is 24.0 Å². The van der Waals surface area contributed by atoms with E-state index in [1.54, 1.807) is 24.3 Å². The van der Waals surface area contributed by atoms with E-state index in [1.165, 1.54) is 13.8 Å². The van der Waals surface area contributed by atoms with Gasteiger partial charge < -0.3 is 14.4 Å². The number of aromatic nitrogens is 1. The van der Waals surface area contributed by atoms with E-state index in [-0.39, 0.29) is 35.3 Å². The molecule has 0 saturated heterocycles. The van der Waals surface area contributed by atoms with Gasteiger partial charge in [-0.15, -0.1) is 10.2 Å². The highest BCUT2D eigenvalue weighted by atomic mass is 32.1. The van der Waals surface area contributed by atoms with Crippen LogP contribution in [-0.4, -0.2) is 48.1 Å². The molecular formula is C17H19N5O6S. The lowest BCUT2D eigenvalue weighted by Gasteiger charge is -2.24. The van der Waals surface area contributed by atoms with Crippen LogP contribution in [-0.2, 0) is 19.1 Å². The van der Waals surface area contributed by atoms with Crippen molar-refractivity contribution in [3.63, 3.8) is 0 Å². The quantitative estimate of drug-likeness (QED) is 0.246. The third-order valence-electron chi connectivity index (χ3n) is 3.46. The van der Waals surface area contributed by atoms with Crippen molar-refractivity contribution in [3.8, 4) is 0 Å². The number of azo groups is 1. The van der Waals surface area contributed by atoms with Crippen molar-refractivity contribution in [3.05, 3.63) is 40.6 Å². The summed E-state index contributed by atoms with van der Waals surface area (Å²) >= 11 is 0.829. The number of rotatable bonds is 10. The Morgan fingerprint density at radius 2 is 1.69 bits per heavy atom. The van der Waals surface area contributed by atoms with Crippen LogP contribution in [0.3, 0.4) is 0 Å². The highest BCUT2D eigenvalue weighted by Gasteiger charge is 2.11. The molecule has 0 saturated carbocycles. The van der Waals surface area contributed by atoms with Gasteiger partial charge in [0, 0.05) is 19.5 Å². The maximum atomic E-state index is 11.0. The minimum atomic E-state index is -0.536. The van der Waals surface area contributed by atoms with E-state index in [1.807, 2.05) is 4.90 Å². The number of carbonyl (C=O) groups is 2. The van der Waals surface area contributed by atoms with Crippen LogP contribution >= 0.6 is 11.3 Å². The number of nitrogens with zero attached hydrogens (tertiary/aromatic N) is 5. The molecule has 0 aliphatic heterocycles. The van der Waals surface area contributed by atoms with Gasteiger partial charge >= 0.3 is 16.9 Å².